The Bertz CT molecular complexity index is 1510. The minimum Gasteiger partial charge on any atom is -0.366 e. The van der Waals surface area contributed by atoms with Crippen molar-refractivity contribution in [1.82, 2.24) is 24.9 Å². The lowest BCUT2D eigenvalue weighted by Gasteiger charge is -2.11. The number of pyridine rings is 1. The van der Waals surface area contributed by atoms with Crippen molar-refractivity contribution in [3.63, 3.8) is 0 Å². The van der Waals surface area contributed by atoms with Crippen LogP contribution in [-0.2, 0) is 19.6 Å². The van der Waals surface area contributed by atoms with Gasteiger partial charge in [0.1, 0.15) is 23.6 Å². The van der Waals surface area contributed by atoms with E-state index >= 15 is 0 Å². The van der Waals surface area contributed by atoms with Crippen molar-refractivity contribution in [2.75, 3.05) is 5.32 Å². The topological polar surface area (TPSA) is 101 Å². The van der Waals surface area contributed by atoms with Gasteiger partial charge in [-0.2, -0.15) is 0 Å². The fourth-order valence-corrected chi connectivity index (χ4v) is 4.78. The normalized spacial score (nSPS) is 13.4. The second kappa shape index (κ2) is 11.8. The lowest BCUT2D eigenvalue weighted by atomic mass is 10.0. The summed E-state index contributed by atoms with van der Waals surface area (Å²) in [5, 5.41) is 3.97. The standard InChI is InChI=1S/C21H21N5.C9H10ClN3/c1-14(2)19-20-17(12-23-19)21(26-13-25-20)24-11-15-6-8-16(9-7-15)18-5-3-4-10-22-18;1-5(2)7-8-6(3-11-7)9(10)13-4-12-8/h3-10,13-14H,11-12H2,1-2H3,(H,24,25,26);4-5H,3H2,1-2H3. The van der Waals surface area contributed by atoms with Crippen LogP contribution in [-0.4, -0.2) is 36.3 Å². The Kier molecular flexibility index (Phi) is 8.02. The second-order valence-corrected chi connectivity index (χ2v) is 10.4. The molecule has 0 amide bonds. The van der Waals surface area contributed by atoms with E-state index in [1.165, 1.54) is 11.9 Å². The summed E-state index contributed by atoms with van der Waals surface area (Å²) in [5.41, 5.74) is 9.39. The number of fused-ring (bicyclic) bond motifs is 2. The van der Waals surface area contributed by atoms with Crippen LogP contribution in [0.25, 0.3) is 11.3 Å². The van der Waals surface area contributed by atoms with E-state index in [2.05, 4.69) is 92.2 Å². The molecule has 5 heterocycles. The van der Waals surface area contributed by atoms with Crippen molar-refractivity contribution in [3.05, 3.63) is 94.5 Å². The van der Waals surface area contributed by atoms with Gasteiger partial charge in [-0.1, -0.05) is 69.6 Å². The third kappa shape index (κ3) is 5.86. The number of nitrogens with zero attached hydrogens (tertiary/aromatic N) is 7. The van der Waals surface area contributed by atoms with Gasteiger partial charge >= 0.3 is 0 Å². The molecule has 0 aliphatic carbocycles. The first-order chi connectivity index (χ1) is 18.9. The summed E-state index contributed by atoms with van der Waals surface area (Å²) in [6.45, 7) is 10.5. The van der Waals surface area contributed by atoms with Gasteiger partial charge in [-0.05, 0) is 29.5 Å². The minimum absolute atomic E-state index is 0.373. The van der Waals surface area contributed by atoms with E-state index in [9.17, 15) is 0 Å². The van der Waals surface area contributed by atoms with Crippen LogP contribution in [0.4, 0.5) is 5.82 Å². The van der Waals surface area contributed by atoms with Crippen molar-refractivity contribution < 1.29 is 0 Å². The molecule has 0 atom stereocenters. The largest absolute Gasteiger partial charge is 0.366 e. The molecular weight excluding hydrogens is 508 g/mol. The monoisotopic (exact) mass is 538 g/mol. The van der Waals surface area contributed by atoms with Gasteiger partial charge in [0.15, 0.2) is 0 Å². The molecular formula is C30H31ClN8. The highest BCUT2D eigenvalue weighted by molar-refractivity contribution is 6.30. The highest BCUT2D eigenvalue weighted by Crippen LogP contribution is 2.27. The summed E-state index contributed by atoms with van der Waals surface area (Å²) in [6.07, 6.45) is 4.92. The zero-order valence-corrected chi connectivity index (χ0v) is 23.3. The molecule has 8 nitrogen and oxygen atoms in total. The highest BCUT2D eigenvalue weighted by Gasteiger charge is 2.23. The van der Waals surface area contributed by atoms with Crippen molar-refractivity contribution in [1.29, 1.82) is 0 Å². The maximum absolute atomic E-state index is 5.92. The average Bonchev–Trinajstić information content (AvgIpc) is 3.59. The lowest BCUT2D eigenvalue weighted by molar-refractivity contribution is 0.878. The molecule has 1 N–H and O–H groups in total. The Hall–Kier alpha value is -4.04. The number of halogens is 1. The predicted molar refractivity (Wildman–Crippen MR) is 156 cm³/mol. The Morgan fingerprint density at radius 3 is 2.03 bits per heavy atom. The number of nitrogens with one attached hydrogen (secondary N) is 1. The molecule has 2 aliphatic rings. The molecule has 0 radical (unpaired) electrons. The first-order valence-corrected chi connectivity index (χ1v) is 13.5. The number of rotatable bonds is 6. The molecule has 9 heteroatoms. The highest BCUT2D eigenvalue weighted by atomic mass is 35.5. The van der Waals surface area contributed by atoms with Crippen molar-refractivity contribution in [2.45, 2.75) is 47.3 Å². The zero-order valence-electron chi connectivity index (χ0n) is 22.6. The summed E-state index contributed by atoms with van der Waals surface area (Å²) in [7, 11) is 0. The van der Waals surface area contributed by atoms with Crippen LogP contribution in [0.3, 0.4) is 0 Å². The van der Waals surface area contributed by atoms with Crippen LogP contribution in [0.5, 0.6) is 0 Å². The molecule has 0 fully saturated rings. The van der Waals surface area contributed by atoms with Gasteiger partial charge in [-0.25, -0.2) is 19.9 Å². The fraction of sp³-hybridized carbons (Fsp3) is 0.300. The molecule has 198 valence electrons. The molecule has 0 spiro atoms. The van der Waals surface area contributed by atoms with E-state index < -0.39 is 0 Å². The summed E-state index contributed by atoms with van der Waals surface area (Å²) in [4.78, 5) is 30.4. The van der Waals surface area contributed by atoms with E-state index in [1.54, 1.807) is 6.33 Å². The number of benzene rings is 1. The lowest BCUT2D eigenvalue weighted by Crippen LogP contribution is -2.11. The Balaban J connectivity index is 0.000000198. The summed E-state index contributed by atoms with van der Waals surface area (Å²) < 4.78 is 0. The minimum atomic E-state index is 0.373. The number of hydrogen-bond donors (Lipinski definition) is 1. The molecule has 4 aromatic rings. The number of aliphatic imine (C=N–C) groups is 2. The first kappa shape index (κ1) is 26.6. The molecule has 1 aromatic carbocycles. The van der Waals surface area contributed by atoms with Crippen LogP contribution in [0.1, 0.15) is 55.8 Å². The SMILES string of the molecule is CC(C)C1=NCc2c(Cl)ncnc21.CC(C)C1=NCc2c(NCc3ccc(-c4ccccn4)cc3)ncnc21. The quantitative estimate of drug-likeness (QED) is 0.293. The summed E-state index contributed by atoms with van der Waals surface area (Å²) in [5.74, 6) is 1.65. The van der Waals surface area contributed by atoms with Gasteiger partial charge in [-0.15, -0.1) is 0 Å². The Labute approximate surface area is 233 Å². The Morgan fingerprint density at radius 1 is 0.744 bits per heavy atom. The summed E-state index contributed by atoms with van der Waals surface area (Å²) >= 11 is 5.92. The van der Waals surface area contributed by atoms with Crippen LogP contribution in [0, 0.1) is 11.8 Å². The molecule has 3 aromatic heterocycles. The zero-order chi connectivity index (χ0) is 27.4. The molecule has 0 saturated carbocycles. The number of anilines is 1. The van der Waals surface area contributed by atoms with Gasteiger partial charge in [0.25, 0.3) is 0 Å². The van der Waals surface area contributed by atoms with E-state index in [0.717, 1.165) is 51.0 Å². The van der Waals surface area contributed by atoms with Gasteiger partial charge in [0, 0.05) is 29.4 Å². The fourth-order valence-electron chi connectivity index (χ4n) is 4.59. The third-order valence-electron chi connectivity index (χ3n) is 6.61. The van der Waals surface area contributed by atoms with Gasteiger partial charge in [0.05, 0.1) is 41.6 Å². The smallest absolute Gasteiger partial charge is 0.138 e. The van der Waals surface area contributed by atoms with Crippen molar-refractivity contribution in [3.8, 4) is 11.3 Å². The van der Waals surface area contributed by atoms with E-state index in [4.69, 9.17) is 11.6 Å². The molecule has 0 bridgehead atoms. The predicted octanol–water partition coefficient (Wildman–Crippen LogP) is 6.20. The second-order valence-electron chi connectivity index (χ2n) is 10.0. The van der Waals surface area contributed by atoms with Crippen molar-refractivity contribution in [2.24, 2.45) is 21.8 Å². The van der Waals surface area contributed by atoms with Crippen LogP contribution >= 0.6 is 11.6 Å². The molecule has 2 aliphatic heterocycles. The maximum atomic E-state index is 5.92. The Morgan fingerprint density at radius 2 is 1.38 bits per heavy atom. The van der Waals surface area contributed by atoms with E-state index in [-0.39, 0.29) is 0 Å². The first-order valence-electron chi connectivity index (χ1n) is 13.1. The number of hydrogen-bond acceptors (Lipinski definition) is 8. The number of aromatic nitrogens is 5. The van der Waals surface area contributed by atoms with Gasteiger partial charge in [0.2, 0.25) is 0 Å². The van der Waals surface area contributed by atoms with E-state index in [1.807, 2.05) is 24.4 Å². The maximum Gasteiger partial charge on any atom is 0.138 e. The van der Waals surface area contributed by atoms with E-state index in [0.29, 0.717) is 36.6 Å². The average molecular weight is 539 g/mol. The molecule has 0 unspecified atom stereocenters. The molecule has 0 saturated heterocycles. The summed E-state index contributed by atoms with van der Waals surface area (Å²) in [6, 6.07) is 14.4. The van der Waals surface area contributed by atoms with Crippen LogP contribution < -0.4 is 5.32 Å². The van der Waals surface area contributed by atoms with Crippen LogP contribution in [0.2, 0.25) is 5.15 Å². The van der Waals surface area contributed by atoms with Crippen LogP contribution in [0.15, 0.2) is 71.3 Å². The third-order valence-corrected chi connectivity index (χ3v) is 6.93. The van der Waals surface area contributed by atoms with Gasteiger partial charge < -0.3 is 5.32 Å². The van der Waals surface area contributed by atoms with Crippen molar-refractivity contribution >= 4 is 28.8 Å². The molecule has 6 rings (SSSR count). The van der Waals surface area contributed by atoms with Gasteiger partial charge in [-0.3, -0.25) is 15.0 Å². The molecule has 39 heavy (non-hydrogen) atoms.